The summed E-state index contributed by atoms with van der Waals surface area (Å²) in [7, 11) is 0. The van der Waals surface area contributed by atoms with Crippen molar-refractivity contribution in [1.82, 2.24) is 9.80 Å². The van der Waals surface area contributed by atoms with Gasteiger partial charge in [0.05, 0.1) is 0 Å². The minimum Gasteiger partial charge on any atom is -0.334 e. The second-order valence-electron chi connectivity index (χ2n) is 5.47. The fourth-order valence-corrected chi connectivity index (χ4v) is 5.51. The van der Waals surface area contributed by atoms with Gasteiger partial charge >= 0.3 is 0 Å². The van der Waals surface area contributed by atoms with Crippen LogP contribution in [0.2, 0.25) is 0 Å². The van der Waals surface area contributed by atoms with Gasteiger partial charge < -0.3 is 9.80 Å². The maximum Gasteiger partial charge on any atom is 0.281 e. The molecule has 1 rings (SSSR count). The van der Waals surface area contributed by atoms with E-state index in [4.69, 9.17) is 0 Å². The molecule has 2 unspecified atom stereocenters. The molecular formula is C16H30N2O2S2. The molecule has 128 valence electrons. The predicted octanol–water partition coefficient (Wildman–Crippen LogP) is 4.69. The first kappa shape index (κ1) is 19.7. The van der Waals surface area contributed by atoms with Crippen molar-refractivity contribution in [2.45, 2.75) is 63.9 Å². The van der Waals surface area contributed by atoms with Crippen molar-refractivity contribution in [2.75, 3.05) is 26.2 Å². The Morgan fingerprint density at radius 3 is 1.36 bits per heavy atom. The van der Waals surface area contributed by atoms with Gasteiger partial charge in [-0.25, -0.2) is 0 Å². The minimum atomic E-state index is 0.165. The van der Waals surface area contributed by atoms with Gasteiger partial charge in [0.1, 0.15) is 0 Å². The molecule has 0 aliphatic heterocycles. The van der Waals surface area contributed by atoms with E-state index in [9.17, 15) is 9.59 Å². The Morgan fingerprint density at radius 2 is 1.09 bits per heavy atom. The van der Waals surface area contributed by atoms with Crippen molar-refractivity contribution in [3.05, 3.63) is 0 Å². The first-order chi connectivity index (χ1) is 10.6. The van der Waals surface area contributed by atoms with Gasteiger partial charge in [0.2, 0.25) is 0 Å². The SMILES string of the molecule is CCN(CC)C(=O)SC1CCCCC1SC(=O)N(CC)CC. The molecule has 1 aliphatic rings. The average Bonchev–Trinajstić information content (AvgIpc) is 2.51. The molecule has 1 saturated carbocycles. The molecule has 22 heavy (non-hydrogen) atoms. The zero-order valence-electron chi connectivity index (χ0n) is 14.3. The van der Waals surface area contributed by atoms with E-state index in [0.29, 0.717) is 0 Å². The maximum absolute atomic E-state index is 12.3. The van der Waals surface area contributed by atoms with E-state index in [1.165, 1.54) is 36.4 Å². The van der Waals surface area contributed by atoms with Gasteiger partial charge in [-0.1, -0.05) is 36.4 Å². The Hall–Kier alpha value is -0.360. The van der Waals surface area contributed by atoms with Crippen LogP contribution in [-0.2, 0) is 0 Å². The van der Waals surface area contributed by atoms with Crippen LogP contribution in [0.4, 0.5) is 9.59 Å². The number of nitrogens with zero attached hydrogens (tertiary/aromatic N) is 2. The highest BCUT2D eigenvalue weighted by Gasteiger charge is 2.32. The van der Waals surface area contributed by atoms with Crippen molar-refractivity contribution in [3.8, 4) is 0 Å². The van der Waals surface area contributed by atoms with E-state index < -0.39 is 0 Å². The molecule has 2 atom stereocenters. The molecular weight excluding hydrogens is 316 g/mol. The summed E-state index contributed by atoms with van der Waals surface area (Å²) in [6, 6.07) is 0. The first-order valence-corrected chi connectivity index (χ1v) is 10.2. The number of hydrogen-bond donors (Lipinski definition) is 0. The summed E-state index contributed by atoms with van der Waals surface area (Å²) < 4.78 is 0. The summed E-state index contributed by atoms with van der Waals surface area (Å²) in [6.07, 6.45) is 4.42. The second kappa shape index (κ2) is 10.4. The van der Waals surface area contributed by atoms with Crippen molar-refractivity contribution < 1.29 is 9.59 Å². The number of amides is 2. The lowest BCUT2D eigenvalue weighted by atomic mass is 10.00. The first-order valence-electron chi connectivity index (χ1n) is 8.48. The van der Waals surface area contributed by atoms with E-state index in [0.717, 1.165) is 39.0 Å². The zero-order chi connectivity index (χ0) is 16.5. The van der Waals surface area contributed by atoms with Gasteiger partial charge in [0.15, 0.2) is 0 Å². The zero-order valence-corrected chi connectivity index (χ0v) is 16.0. The fourth-order valence-electron chi connectivity index (χ4n) is 2.70. The molecule has 0 radical (unpaired) electrons. The average molecular weight is 347 g/mol. The van der Waals surface area contributed by atoms with Gasteiger partial charge in [-0.3, -0.25) is 9.59 Å². The standard InChI is InChI=1S/C16H30N2O2S2/c1-5-17(6-2)15(19)21-13-11-9-10-12-14(13)22-16(20)18(7-3)8-4/h13-14H,5-12H2,1-4H3. The molecule has 0 aromatic carbocycles. The molecule has 0 saturated heterocycles. The van der Waals surface area contributed by atoms with Crippen molar-refractivity contribution >= 4 is 34.0 Å². The molecule has 0 bridgehead atoms. The monoisotopic (exact) mass is 346 g/mol. The third kappa shape index (κ3) is 5.69. The summed E-state index contributed by atoms with van der Waals surface area (Å²) in [5, 5.41) is 0.869. The molecule has 0 spiro atoms. The van der Waals surface area contributed by atoms with Gasteiger partial charge in [-0.05, 0) is 40.5 Å². The number of thioether (sulfide) groups is 2. The summed E-state index contributed by atoms with van der Waals surface area (Å²) in [4.78, 5) is 28.4. The van der Waals surface area contributed by atoms with E-state index in [1.807, 2.05) is 37.5 Å². The van der Waals surface area contributed by atoms with Crippen LogP contribution in [0.25, 0.3) is 0 Å². The lowest BCUT2D eigenvalue weighted by molar-refractivity contribution is 0.227. The third-order valence-corrected chi connectivity index (χ3v) is 7.02. The largest absolute Gasteiger partial charge is 0.334 e. The highest BCUT2D eigenvalue weighted by atomic mass is 32.2. The molecule has 0 aromatic heterocycles. The highest BCUT2D eigenvalue weighted by molar-refractivity contribution is 8.17. The summed E-state index contributed by atoms with van der Waals surface area (Å²) in [6.45, 7) is 11.1. The van der Waals surface area contributed by atoms with E-state index >= 15 is 0 Å². The summed E-state index contributed by atoms with van der Waals surface area (Å²) in [5.41, 5.74) is 0. The summed E-state index contributed by atoms with van der Waals surface area (Å²) in [5.74, 6) is 0. The lowest BCUT2D eigenvalue weighted by Crippen LogP contribution is -2.35. The molecule has 6 heteroatoms. The van der Waals surface area contributed by atoms with Crippen molar-refractivity contribution in [3.63, 3.8) is 0 Å². The lowest BCUT2D eigenvalue weighted by Gasteiger charge is -2.32. The van der Waals surface area contributed by atoms with Crippen LogP contribution in [0, 0.1) is 0 Å². The van der Waals surface area contributed by atoms with E-state index in [2.05, 4.69) is 0 Å². The van der Waals surface area contributed by atoms with E-state index in [-0.39, 0.29) is 21.0 Å². The minimum absolute atomic E-state index is 0.165. The Bertz CT molecular complexity index is 324. The van der Waals surface area contributed by atoms with Crippen LogP contribution in [0.1, 0.15) is 53.4 Å². The number of carbonyl (C=O) groups is 2. The van der Waals surface area contributed by atoms with Gasteiger partial charge in [-0.2, -0.15) is 0 Å². The molecule has 4 nitrogen and oxygen atoms in total. The molecule has 0 N–H and O–H groups in total. The van der Waals surface area contributed by atoms with Gasteiger partial charge in [-0.15, -0.1) is 0 Å². The molecule has 1 fully saturated rings. The smallest absolute Gasteiger partial charge is 0.281 e. The molecule has 0 aromatic rings. The molecule has 2 amide bonds. The van der Waals surface area contributed by atoms with Crippen molar-refractivity contribution in [2.24, 2.45) is 0 Å². The number of hydrogen-bond acceptors (Lipinski definition) is 4. The van der Waals surface area contributed by atoms with Crippen LogP contribution < -0.4 is 0 Å². The molecule has 1 aliphatic carbocycles. The fraction of sp³-hybridized carbons (Fsp3) is 0.875. The third-order valence-electron chi connectivity index (χ3n) is 4.19. The van der Waals surface area contributed by atoms with Crippen LogP contribution in [0.5, 0.6) is 0 Å². The highest BCUT2D eigenvalue weighted by Crippen LogP contribution is 2.38. The number of rotatable bonds is 6. The van der Waals surface area contributed by atoms with Gasteiger partial charge in [0, 0.05) is 36.7 Å². The second-order valence-corrected chi connectivity index (χ2v) is 7.85. The van der Waals surface area contributed by atoms with Crippen LogP contribution in [-0.4, -0.2) is 57.0 Å². The van der Waals surface area contributed by atoms with Crippen LogP contribution in [0.3, 0.4) is 0 Å². The summed E-state index contributed by atoms with van der Waals surface area (Å²) >= 11 is 2.90. The van der Waals surface area contributed by atoms with Crippen LogP contribution >= 0.6 is 23.5 Å². The van der Waals surface area contributed by atoms with Crippen molar-refractivity contribution in [1.29, 1.82) is 0 Å². The maximum atomic E-state index is 12.3. The predicted molar refractivity (Wildman–Crippen MR) is 97.9 cm³/mol. The Labute approximate surface area is 143 Å². The Morgan fingerprint density at radius 1 is 0.773 bits per heavy atom. The molecule has 0 heterocycles. The topological polar surface area (TPSA) is 40.6 Å². The van der Waals surface area contributed by atoms with E-state index in [1.54, 1.807) is 0 Å². The Balaban J connectivity index is 2.63. The number of carbonyl (C=O) groups excluding carboxylic acids is 2. The van der Waals surface area contributed by atoms with Crippen LogP contribution in [0.15, 0.2) is 0 Å². The quantitative estimate of drug-likeness (QED) is 0.700. The normalized spacial score (nSPS) is 21.5. The Kier molecular flexibility index (Phi) is 9.33. The van der Waals surface area contributed by atoms with Gasteiger partial charge in [0.25, 0.3) is 10.5 Å².